The minimum absolute atomic E-state index is 0.0687. The summed E-state index contributed by atoms with van der Waals surface area (Å²) in [5.74, 6) is -1.65. The first-order valence-electron chi connectivity index (χ1n) is 10.6. The molecule has 178 valence electrons. The molecule has 1 aliphatic heterocycles. The van der Waals surface area contributed by atoms with Crippen molar-refractivity contribution in [3.63, 3.8) is 0 Å². The number of nitrogens with one attached hydrogen (secondary N) is 1. The molecule has 1 fully saturated rings. The third kappa shape index (κ3) is 6.77. The van der Waals surface area contributed by atoms with E-state index in [0.717, 1.165) is 0 Å². The number of Topliss-reactive ketones (excluding diaryl/α,β-unsaturated/α-hetero) is 1. The first kappa shape index (κ1) is 25.8. The van der Waals surface area contributed by atoms with Gasteiger partial charge in [0.15, 0.2) is 11.9 Å². The fourth-order valence-corrected chi connectivity index (χ4v) is 3.60. The van der Waals surface area contributed by atoms with Crippen LogP contribution in [-0.2, 0) is 19.1 Å². The van der Waals surface area contributed by atoms with E-state index in [-0.39, 0.29) is 47.6 Å². The minimum atomic E-state index is -1.15. The van der Waals surface area contributed by atoms with Crippen LogP contribution in [0.15, 0.2) is 23.3 Å². The zero-order valence-electron chi connectivity index (χ0n) is 19.0. The summed E-state index contributed by atoms with van der Waals surface area (Å²) in [6.45, 7) is 6.79. The second kappa shape index (κ2) is 12.0. The molecule has 1 amide bonds. The summed E-state index contributed by atoms with van der Waals surface area (Å²) in [7, 11) is 0. The number of hydrogen-bond donors (Lipinski definition) is 1. The molecule has 0 unspecified atom stereocenters. The molecule has 1 heterocycles. The molecular formula is C22H28N4O7. The molecule has 1 aromatic rings. The first-order valence-corrected chi connectivity index (χ1v) is 10.6. The number of amides is 1. The van der Waals surface area contributed by atoms with E-state index in [1.165, 1.54) is 32.0 Å². The van der Waals surface area contributed by atoms with Crippen LogP contribution >= 0.6 is 0 Å². The Morgan fingerprint density at radius 2 is 1.97 bits per heavy atom. The van der Waals surface area contributed by atoms with Crippen molar-refractivity contribution in [2.45, 2.75) is 52.6 Å². The van der Waals surface area contributed by atoms with Crippen LogP contribution in [-0.4, -0.2) is 55.5 Å². The molecule has 2 rings (SSSR count). The second-order valence-electron chi connectivity index (χ2n) is 7.88. The van der Waals surface area contributed by atoms with Crippen LogP contribution in [0.2, 0.25) is 0 Å². The van der Waals surface area contributed by atoms with Crippen LogP contribution < -0.4 is 10.1 Å². The van der Waals surface area contributed by atoms with Crippen molar-refractivity contribution >= 4 is 23.9 Å². The number of benzene rings is 1. The molecule has 5 atom stereocenters. The third-order valence-electron chi connectivity index (χ3n) is 5.49. The lowest BCUT2D eigenvalue weighted by molar-refractivity contribution is -0.242. The van der Waals surface area contributed by atoms with E-state index in [1.54, 1.807) is 0 Å². The van der Waals surface area contributed by atoms with E-state index in [4.69, 9.17) is 19.7 Å². The SMILES string of the molecule is CC(=O)O[C@H]1[C@H](Oc2ccc(C=O)cc2C(=O)NCCCN=[N+]=[N-])O[C@H](C(C)=O)[C@@H](C)[C@@H]1C. The van der Waals surface area contributed by atoms with Crippen LogP contribution in [0.1, 0.15) is 54.8 Å². The Balaban J connectivity index is 2.32. The molecule has 1 saturated heterocycles. The highest BCUT2D eigenvalue weighted by molar-refractivity contribution is 5.98. The van der Waals surface area contributed by atoms with Crippen molar-refractivity contribution in [2.75, 3.05) is 13.1 Å². The molecule has 0 spiro atoms. The number of nitrogens with zero attached hydrogens (tertiary/aromatic N) is 3. The maximum atomic E-state index is 12.8. The van der Waals surface area contributed by atoms with Gasteiger partial charge >= 0.3 is 5.97 Å². The summed E-state index contributed by atoms with van der Waals surface area (Å²) in [5, 5.41) is 6.08. The highest BCUT2D eigenvalue weighted by Crippen LogP contribution is 2.35. The fourth-order valence-electron chi connectivity index (χ4n) is 3.60. The predicted octanol–water partition coefficient (Wildman–Crippen LogP) is 2.83. The van der Waals surface area contributed by atoms with Crippen LogP contribution in [0.5, 0.6) is 5.75 Å². The van der Waals surface area contributed by atoms with Gasteiger partial charge in [0.1, 0.15) is 18.1 Å². The molecule has 1 aliphatic rings. The number of esters is 1. The molecule has 0 aromatic heterocycles. The molecule has 0 radical (unpaired) electrons. The van der Waals surface area contributed by atoms with E-state index < -0.39 is 30.4 Å². The van der Waals surface area contributed by atoms with Crippen molar-refractivity contribution < 1.29 is 33.4 Å². The standard InChI is InChI=1S/C22H28N4O7/c1-12-13(2)20(31-15(4)29)22(33-19(12)14(3)28)32-18-7-6-16(11-27)10-17(18)21(30)24-8-5-9-25-26-23/h6-7,10-13,19-20,22H,5,8-9H2,1-4H3,(H,24,30)/t12-,13-,19-,20+,22+/m0/s1. The van der Waals surface area contributed by atoms with E-state index in [2.05, 4.69) is 15.3 Å². The predicted molar refractivity (Wildman–Crippen MR) is 117 cm³/mol. The van der Waals surface area contributed by atoms with Crippen molar-refractivity contribution in [1.82, 2.24) is 5.32 Å². The number of hydrogen-bond acceptors (Lipinski definition) is 8. The largest absolute Gasteiger partial charge is 0.460 e. The third-order valence-corrected chi connectivity index (χ3v) is 5.49. The Morgan fingerprint density at radius 3 is 2.58 bits per heavy atom. The monoisotopic (exact) mass is 460 g/mol. The number of carbonyl (C=O) groups is 4. The van der Waals surface area contributed by atoms with Gasteiger partial charge in [-0.1, -0.05) is 19.0 Å². The molecule has 0 aliphatic carbocycles. The van der Waals surface area contributed by atoms with Crippen molar-refractivity contribution in [3.05, 3.63) is 39.8 Å². The molecule has 11 nitrogen and oxygen atoms in total. The topological polar surface area (TPSA) is 157 Å². The van der Waals surface area contributed by atoms with Crippen molar-refractivity contribution in [3.8, 4) is 5.75 Å². The smallest absolute Gasteiger partial charge is 0.303 e. The number of rotatable bonds is 10. The molecule has 0 saturated carbocycles. The van der Waals surface area contributed by atoms with Gasteiger partial charge in [-0.25, -0.2) is 0 Å². The van der Waals surface area contributed by atoms with Gasteiger partial charge < -0.3 is 19.5 Å². The van der Waals surface area contributed by atoms with E-state index in [0.29, 0.717) is 12.7 Å². The lowest BCUT2D eigenvalue weighted by atomic mass is 9.82. The van der Waals surface area contributed by atoms with Crippen LogP contribution in [0.4, 0.5) is 0 Å². The van der Waals surface area contributed by atoms with Crippen molar-refractivity contribution in [2.24, 2.45) is 17.0 Å². The summed E-state index contributed by atoms with van der Waals surface area (Å²) < 4.78 is 17.3. The Kier molecular flexibility index (Phi) is 9.38. The number of ketones is 1. The van der Waals surface area contributed by atoms with Gasteiger partial charge in [0.25, 0.3) is 5.91 Å². The van der Waals surface area contributed by atoms with Crippen LogP contribution in [0.3, 0.4) is 0 Å². The van der Waals surface area contributed by atoms with Gasteiger partial charge in [-0.15, -0.1) is 0 Å². The Morgan fingerprint density at radius 1 is 1.24 bits per heavy atom. The fraction of sp³-hybridized carbons (Fsp3) is 0.545. The Bertz CT molecular complexity index is 945. The number of carbonyl (C=O) groups excluding carboxylic acids is 4. The second-order valence-corrected chi connectivity index (χ2v) is 7.88. The highest BCUT2D eigenvalue weighted by atomic mass is 16.7. The van der Waals surface area contributed by atoms with Gasteiger partial charge in [-0.3, -0.25) is 19.2 Å². The van der Waals surface area contributed by atoms with E-state index >= 15 is 0 Å². The van der Waals surface area contributed by atoms with Crippen LogP contribution in [0.25, 0.3) is 10.4 Å². The molecule has 1 N–H and O–H groups in total. The minimum Gasteiger partial charge on any atom is -0.460 e. The summed E-state index contributed by atoms with van der Waals surface area (Å²) in [6.07, 6.45) is -1.72. The number of azide groups is 1. The highest BCUT2D eigenvalue weighted by Gasteiger charge is 2.46. The van der Waals surface area contributed by atoms with E-state index in [1.807, 2.05) is 13.8 Å². The van der Waals surface area contributed by atoms with Gasteiger partial charge in [0.2, 0.25) is 6.29 Å². The maximum absolute atomic E-state index is 12.8. The van der Waals surface area contributed by atoms with Gasteiger partial charge in [0, 0.05) is 36.4 Å². The molecule has 11 heteroatoms. The summed E-state index contributed by atoms with van der Waals surface area (Å²) in [4.78, 5) is 50.5. The normalized spacial score (nSPS) is 24.2. The van der Waals surface area contributed by atoms with Crippen LogP contribution in [0, 0.1) is 11.8 Å². The van der Waals surface area contributed by atoms with E-state index in [9.17, 15) is 19.2 Å². The zero-order chi connectivity index (χ0) is 24.5. The summed E-state index contributed by atoms with van der Waals surface area (Å²) in [5.41, 5.74) is 8.65. The maximum Gasteiger partial charge on any atom is 0.303 e. The summed E-state index contributed by atoms with van der Waals surface area (Å²) >= 11 is 0. The molecule has 33 heavy (non-hydrogen) atoms. The Hall–Kier alpha value is -3.43. The lowest BCUT2D eigenvalue weighted by Crippen LogP contribution is -2.55. The molecule has 0 bridgehead atoms. The van der Waals surface area contributed by atoms with Gasteiger partial charge in [-0.2, -0.15) is 0 Å². The number of ether oxygens (including phenoxy) is 3. The lowest BCUT2D eigenvalue weighted by Gasteiger charge is -2.42. The quantitative estimate of drug-likeness (QED) is 0.140. The number of aldehydes is 1. The average molecular weight is 460 g/mol. The summed E-state index contributed by atoms with van der Waals surface area (Å²) in [6, 6.07) is 4.28. The first-order chi connectivity index (χ1) is 15.7. The average Bonchev–Trinajstić information content (AvgIpc) is 2.78. The van der Waals surface area contributed by atoms with Gasteiger partial charge in [0.05, 0.1) is 5.56 Å². The molecule has 1 aromatic carbocycles. The Labute approximate surface area is 191 Å². The van der Waals surface area contributed by atoms with Crippen molar-refractivity contribution in [1.29, 1.82) is 0 Å². The molecular weight excluding hydrogens is 432 g/mol. The zero-order valence-corrected chi connectivity index (χ0v) is 19.0. The van der Waals surface area contributed by atoms with Gasteiger partial charge in [-0.05, 0) is 43.0 Å².